The number of hydrogen-bond donors (Lipinski definition) is 0. The molecule has 0 saturated heterocycles. The summed E-state index contributed by atoms with van der Waals surface area (Å²) in [4.78, 5) is 35.8. The van der Waals surface area contributed by atoms with E-state index in [0.29, 0.717) is 5.56 Å². The molecule has 5 nitrogen and oxygen atoms in total. The van der Waals surface area contributed by atoms with Crippen LogP contribution in [0.15, 0.2) is 54.1 Å². The second-order valence-corrected chi connectivity index (χ2v) is 4.87. The second-order valence-electron chi connectivity index (χ2n) is 4.87. The molecule has 0 bridgehead atoms. The van der Waals surface area contributed by atoms with E-state index in [9.17, 15) is 14.4 Å². The number of esters is 2. The van der Waals surface area contributed by atoms with Crippen molar-refractivity contribution < 1.29 is 23.9 Å². The molecule has 0 spiro atoms. The van der Waals surface area contributed by atoms with Crippen LogP contribution < -0.4 is 0 Å². The van der Waals surface area contributed by atoms with Gasteiger partial charge in [-0.1, -0.05) is 30.3 Å². The first kappa shape index (κ1) is 15.7. The van der Waals surface area contributed by atoms with Crippen LogP contribution in [0.5, 0.6) is 0 Å². The Morgan fingerprint density at radius 2 is 1.95 bits per heavy atom. The lowest BCUT2D eigenvalue weighted by Gasteiger charge is -2.23. The minimum Gasteiger partial charge on any atom is -0.463 e. The van der Waals surface area contributed by atoms with Crippen molar-refractivity contribution in [2.45, 2.75) is 19.4 Å². The summed E-state index contributed by atoms with van der Waals surface area (Å²) in [6.07, 6.45) is 3.83. The Bertz CT molecular complexity index is 657. The molecule has 0 aliphatic carbocycles. The molecule has 1 aliphatic heterocycles. The van der Waals surface area contributed by atoms with E-state index in [2.05, 4.69) is 0 Å². The third kappa shape index (κ3) is 3.31. The molecule has 114 valence electrons. The highest BCUT2D eigenvalue weighted by atomic mass is 16.6. The number of carbonyl (C=O) groups is 3. The minimum atomic E-state index is -1.30. The van der Waals surface area contributed by atoms with Gasteiger partial charge in [0, 0.05) is 17.7 Å². The monoisotopic (exact) mass is 300 g/mol. The lowest BCUT2D eigenvalue weighted by molar-refractivity contribution is -0.146. The maximum absolute atomic E-state index is 12.3. The van der Waals surface area contributed by atoms with Crippen molar-refractivity contribution in [1.29, 1.82) is 0 Å². The van der Waals surface area contributed by atoms with Crippen LogP contribution in [0, 0.1) is 0 Å². The number of cyclic esters (lactones) is 1. The molecule has 0 amide bonds. The number of carbonyl (C=O) groups excluding carboxylic acids is 3. The van der Waals surface area contributed by atoms with Crippen LogP contribution in [0.2, 0.25) is 0 Å². The number of hydrogen-bond acceptors (Lipinski definition) is 5. The van der Waals surface area contributed by atoms with Crippen molar-refractivity contribution in [2.24, 2.45) is 0 Å². The first-order valence-electron chi connectivity index (χ1n) is 6.87. The summed E-state index contributed by atoms with van der Waals surface area (Å²) in [5, 5.41) is 0. The highest BCUT2D eigenvalue weighted by Crippen LogP contribution is 2.29. The Morgan fingerprint density at radius 3 is 2.50 bits per heavy atom. The van der Waals surface area contributed by atoms with Crippen LogP contribution in [0.3, 0.4) is 0 Å². The van der Waals surface area contributed by atoms with Gasteiger partial charge < -0.3 is 9.47 Å². The third-order valence-corrected chi connectivity index (χ3v) is 3.21. The minimum absolute atomic E-state index is 0.00898. The van der Waals surface area contributed by atoms with Gasteiger partial charge in [-0.3, -0.25) is 4.79 Å². The zero-order chi connectivity index (χ0) is 16.2. The fourth-order valence-corrected chi connectivity index (χ4v) is 2.08. The van der Waals surface area contributed by atoms with Crippen LogP contribution in [0.25, 0.3) is 0 Å². The van der Waals surface area contributed by atoms with E-state index in [0.717, 1.165) is 6.08 Å². The molecular formula is C17H16O5. The molecule has 2 rings (SSSR count). The fraction of sp³-hybridized carbons (Fsp3) is 0.235. The van der Waals surface area contributed by atoms with Gasteiger partial charge in [-0.25, -0.2) is 9.59 Å². The first-order chi connectivity index (χ1) is 10.5. The quantitative estimate of drug-likeness (QED) is 0.474. The van der Waals surface area contributed by atoms with Crippen LogP contribution >= 0.6 is 0 Å². The van der Waals surface area contributed by atoms with Gasteiger partial charge in [0.25, 0.3) is 0 Å². The van der Waals surface area contributed by atoms with Crippen molar-refractivity contribution in [3.05, 3.63) is 59.7 Å². The third-order valence-electron chi connectivity index (χ3n) is 3.21. The topological polar surface area (TPSA) is 69.7 Å². The number of ketones is 1. The lowest BCUT2D eigenvalue weighted by atomic mass is 9.93. The summed E-state index contributed by atoms with van der Waals surface area (Å²) < 4.78 is 10.1. The van der Waals surface area contributed by atoms with E-state index < -0.39 is 17.5 Å². The average molecular weight is 300 g/mol. The van der Waals surface area contributed by atoms with Gasteiger partial charge in [-0.05, 0) is 19.9 Å². The van der Waals surface area contributed by atoms with Gasteiger partial charge in [0.05, 0.1) is 12.2 Å². The summed E-state index contributed by atoms with van der Waals surface area (Å²) >= 11 is 0. The highest BCUT2D eigenvalue weighted by molar-refractivity contribution is 6.09. The number of allylic oxidation sites excluding steroid dienone is 1. The van der Waals surface area contributed by atoms with E-state index >= 15 is 0 Å². The number of rotatable bonds is 5. The predicted molar refractivity (Wildman–Crippen MR) is 79.1 cm³/mol. The maximum atomic E-state index is 12.3. The molecule has 0 radical (unpaired) electrons. The van der Waals surface area contributed by atoms with Gasteiger partial charge in [0.15, 0.2) is 11.4 Å². The van der Waals surface area contributed by atoms with E-state index in [1.807, 2.05) is 0 Å². The first-order valence-corrected chi connectivity index (χ1v) is 6.87. The Balaban J connectivity index is 2.39. The molecule has 0 aromatic heterocycles. The standard InChI is InChI=1S/C17H16O5/c1-3-21-16(20)13(17(2)10-9-15(19)22-17)11-14(18)12-7-5-4-6-8-12/h4-11H,3H2,1-2H3/b13-11+. The molecule has 1 aromatic rings. The van der Waals surface area contributed by atoms with E-state index in [-0.39, 0.29) is 18.0 Å². The molecule has 0 saturated carbocycles. The second kappa shape index (κ2) is 6.39. The number of ether oxygens (including phenoxy) is 2. The molecule has 1 aliphatic rings. The van der Waals surface area contributed by atoms with Crippen molar-refractivity contribution in [1.82, 2.24) is 0 Å². The van der Waals surface area contributed by atoms with Crippen molar-refractivity contribution in [3.8, 4) is 0 Å². The summed E-state index contributed by atoms with van der Waals surface area (Å²) in [7, 11) is 0. The molecule has 5 heteroatoms. The highest BCUT2D eigenvalue weighted by Gasteiger charge is 2.39. The molecule has 1 unspecified atom stereocenters. The van der Waals surface area contributed by atoms with Crippen LogP contribution in [-0.2, 0) is 19.1 Å². The molecular weight excluding hydrogens is 284 g/mol. The molecule has 1 heterocycles. The average Bonchev–Trinajstić information content (AvgIpc) is 2.85. The van der Waals surface area contributed by atoms with Gasteiger partial charge in [0.1, 0.15) is 0 Å². The molecule has 1 aromatic carbocycles. The normalized spacial score (nSPS) is 20.6. The van der Waals surface area contributed by atoms with Crippen molar-refractivity contribution >= 4 is 17.7 Å². The van der Waals surface area contributed by atoms with E-state index in [4.69, 9.17) is 9.47 Å². The van der Waals surface area contributed by atoms with Gasteiger partial charge in [-0.15, -0.1) is 0 Å². The summed E-state index contributed by atoms with van der Waals surface area (Å²) in [5.74, 6) is -1.61. The fourth-order valence-electron chi connectivity index (χ4n) is 2.08. The zero-order valence-electron chi connectivity index (χ0n) is 12.4. The van der Waals surface area contributed by atoms with Crippen LogP contribution in [-0.4, -0.2) is 29.9 Å². The Morgan fingerprint density at radius 1 is 1.27 bits per heavy atom. The summed E-state index contributed by atoms with van der Waals surface area (Å²) in [5.41, 5.74) is -0.875. The van der Waals surface area contributed by atoms with Gasteiger partial charge in [-0.2, -0.15) is 0 Å². The SMILES string of the molecule is CCOC(=O)/C(=C\C(=O)c1ccccc1)C1(C)C=CC(=O)O1. The smallest absolute Gasteiger partial charge is 0.338 e. The zero-order valence-corrected chi connectivity index (χ0v) is 12.4. The molecule has 1 atom stereocenters. The molecule has 0 fully saturated rings. The maximum Gasteiger partial charge on any atom is 0.338 e. The largest absolute Gasteiger partial charge is 0.463 e. The molecule has 0 N–H and O–H groups in total. The Hall–Kier alpha value is -2.69. The predicted octanol–water partition coefficient (Wildman–Crippen LogP) is 2.23. The lowest BCUT2D eigenvalue weighted by Crippen LogP contribution is -2.33. The Kier molecular flexibility index (Phi) is 4.56. The van der Waals surface area contributed by atoms with Crippen molar-refractivity contribution in [2.75, 3.05) is 6.61 Å². The summed E-state index contributed by atoms with van der Waals surface area (Å²) in [6.45, 7) is 3.35. The van der Waals surface area contributed by atoms with Crippen molar-refractivity contribution in [3.63, 3.8) is 0 Å². The van der Waals surface area contributed by atoms with E-state index in [1.165, 1.54) is 19.1 Å². The summed E-state index contributed by atoms with van der Waals surface area (Å²) in [6, 6.07) is 8.51. The van der Waals surface area contributed by atoms with E-state index in [1.54, 1.807) is 37.3 Å². The van der Waals surface area contributed by atoms with Gasteiger partial charge >= 0.3 is 11.9 Å². The number of benzene rings is 1. The van der Waals surface area contributed by atoms with Crippen LogP contribution in [0.1, 0.15) is 24.2 Å². The Labute approximate surface area is 128 Å². The van der Waals surface area contributed by atoms with Gasteiger partial charge in [0.2, 0.25) is 0 Å². The van der Waals surface area contributed by atoms with Crippen LogP contribution in [0.4, 0.5) is 0 Å². The molecule has 22 heavy (non-hydrogen) atoms.